The number of thioether (sulfide) groups is 2. The Hall–Kier alpha value is -3.02. The molecule has 162 valence electrons. The molecule has 3 heterocycles. The molecule has 1 fully saturated rings. The first-order valence-electron chi connectivity index (χ1n) is 8.58. The van der Waals surface area contributed by atoms with E-state index in [2.05, 4.69) is 15.5 Å². The van der Waals surface area contributed by atoms with Crippen molar-refractivity contribution in [2.75, 3.05) is 24.3 Å². The number of carboxylic acids is 1. The van der Waals surface area contributed by atoms with Gasteiger partial charge in [-0.15, -0.1) is 34.9 Å². The molecule has 4 N–H and O–H groups in total. The number of fused-ring (bicyclic) bond motifs is 1. The number of allylic oxidation sites excluding steroid dienone is 1. The van der Waals surface area contributed by atoms with Crippen molar-refractivity contribution in [2.24, 2.45) is 5.16 Å². The van der Waals surface area contributed by atoms with Gasteiger partial charge in [-0.2, -0.15) is 5.26 Å². The molecule has 0 aromatic carbocycles. The quantitative estimate of drug-likeness (QED) is 0.207. The lowest BCUT2D eigenvalue weighted by Crippen LogP contribution is -2.71. The lowest BCUT2D eigenvalue weighted by Gasteiger charge is -2.49. The van der Waals surface area contributed by atoms with Crippen LogP contribution in [-0.4, -0.2) is 68.5 Å². The Morgan fingerprint density at radius 2 is 2.39 bits per heavy atom. The number of hydrogen-bond acceptors (Lipinski definition) is 11. The van der Waals surface area contributed by atoms with Gasteiger partial charge in [0, 0.05) is 23.0 Å². The number of β-lactam (4-membered cyclic amide) rings is 1. The predicted octanol–water partition coefficient (Wildman–Crippen LogP) is 0.585. The zero-order valence-corrected chi connectivity index (χ0v) is 18.4. The second-order valence-electron chi connectivity index (χ2n) is 6.05. The van der Waals surface area contributed by atoms with Gasteiger partial charge >= 0.3 is 5.97 Å². The van der Waals surface area contributed by atoms with Gasteiger partial charge in [-0.1, -0.05) is 5.16 Å². The lowest BCUT2D eigenvalue weighted by molar-refractivity contribution is -0.150. The van der Waals surface area contributed by atoms with E-state index in [-0.39, 0.29) is 22.2 Å². The molecule has 0 saturated carbocycles. The zero-order chi connectivity index (χ0) is 22.5. The third-order valence-electron chi connectivity index (χ3n) is 4.19. The summed E-state index contributed by atoms with van der Waals surface area (Å²) >= 11 is 3.73. The summed E-state index contributed by atoms with van der Waals surface area (Å²) in [5.41, 5.74) is 6.15. The van der Waals surface area contributed by atoms with Crippen LogP contribution in [0.4, 0.5) is 5.13 Å². The SMILES string of the molecule is CON=C(C(=O)NC1C(=O)N2C(C(=O)O)=C(CSC=CC#N)CS[C@@H]12)c1csc(N)n1. The predicted molar refractivity (Wildman–Crippen MR) is 117 cm³/mol. The van der Waals surface area contributed by atoms with E-state index in [1.54, 1.807) is 5.41 Å². The molecule has 1 unspecified atom stereocenters. The minimum atomic E-state index is -1.22. The standard InChI is InChI=1S/C17H16N6O5S3/c1-28-22-10(9-7-31-17(19)20-9)13(24)21-11-14(25)23-12(16(26)27)8(6-30-15(11)23)5-29-4-2-3-18/h2,4,7,11,15H,5-6H2,1H3,(H2,19,20)(H,21,24)(H,26,27)/t11?,15-/m0/s1. The summed E-state index contributed by atoms with van der Waals surface area (Å²) < 4.78 is 0. The molecule has 2 atom stereocenters. The van der Waals surface area contributed by atoms with Crippen molar-refractivity contribution in [3.05, 3.63) is 33.8 Å². The summed E-state index contributed by atoms with van der Waals surface area (Å²) in [6.07, 6.45) is 1.29. The Balaban J connectivity index is 1.75. The second kappa shape index (κ2) is 9.86. The molecule has 11 nitrogen and oxygen atoms in total. The number of carbonyl (C=O) groups is 3. The molecule has 1 saturated heterocycles. The fraction of sp³-hybridized carbons (Fsp3) is 0.294. The highest BCUT2D eigenvalue weighted by Crippen LogP contribution is 2.41. The Bertz CT molecular complexity index is 1040. The van der Waals surface area contributed by atoms with E-state index in [1.807, 2.05) is 6.07 Å². The fourth-order valence-electron chi connectivity index (χ4n) is 2.92. The number of thiazole rings is 1. The van der Waals surface area contributed by atoms with E-state index < -0.39 is 29.2 Å². The summed E-state index contributed by atoms with van der Waals surface area (Å²) in [6.45, 7) is 0. The molecule has 1 aromatic heterocycles. The van der Waals surface area contributed by atoms with E-state index in [9.17, 15) is 19.5 Å². The molecular weight excluding hydrogens is 464 g/mol. The zero-order valence-electron chi connectivity index (χ0n) is 16.0. The number of nitriles is 1. The average Bonchev–Trinajstić information content (AvgIpc) is 3.18. The highest BCUT2D eigenvalue weighted by Gasteiger charge is 2.54. The molecule has 2 aliphatic heterocycles. The molecule has 2 aliphatic rings. The number of aliphatic carboxylic acids is 1. The van der Waals surface area contributed by atoms with E-state index in [4.69, 9.17) is 15.8 Å². The van der Waals surface area contributed by atoms with Crippen LogP contribution in [0, 0.1) is 11.3 Å². The molecule has 1 aromatic rings. The largest absolute Gasteiger partial charge is 0.477 e. The van der Waals surface area contributed by atoms with Gasteiger partial charge in [-0.25, -0.2) is 9.78 Å². The maximum absolute atomic E-state index is 12.7. The topological polar surface area (TPSA) is 171 Å². The first-order chi connectivity index (χ1) is 14.9. The average molecular weight is 481 g/mol. The third kappa shape index (κ3) is 4.68. The maximum Gasteiger partial charge on any atom is 0.352 e. The summed E-state index contributed by atoms with van der Waals surface area (Å²) in [5.74, 6) is -1.74. The maximum atomic E-state index is 12.7. The van der Waals surface area contributed by atoms with Gasteiger partial charge in [0.25, 0.3) is 11.8 Å². The van der Waals surface area contributed by atoms with Crippen molar-refractivity contribution in [3.63, 3.8) is 0 Å². The third-order valence-corrected chi connectivity index (χ3v) is 7.05. The van der Waals surface area contributed by atoms with Gasteiger partial charge in [0.05, 0.1) is 6.07 Å². The molecule has 0 bridgehead atoms. The Labute approximate surface area is 189 Å². The number of nitrogens with zero attached hydrogens (tertiary/aromatic N) is 4. The van der Waals surface area contributed by atoms with Crippen molar-refractivity contribution in [1.29, 1.82) is 5.26 Å². The molecule has 0 aliphatic carbocycles. The number of aromatic nitrogens is 1. The molecule has 0 spiro atoms. The van der Waals surface area contributed by atoms with Crippen LogP contribution in [0.5, 0.6) is 0 Å². The number of nitrogens with one attached hydrogen (secondary N) is 1. The number of nitrogen functional groups attached to an aromatic ring is 1. The summed E-state index contributed by atoms with van der Waals surface area (Å²) in [5, 5.41) is 27.2. The Morgan fingerprint density at radius 1 is 1.61 bits per heavy atom. The van der Waals surface area contributed by atoms with Gasteiger partial charge in [0.15, 0.2) is 10.8 Å². The van der Waals surface area contributed by atoms with E-state index >= 15 is 0 Å². The Kier molecular flexibility index (Phi) is 7.21. The molecule has 0 radical (unpaired) electrons. The molecule has 31 heavy (non-hydrogen) atoms. The first-order valence-corrected chi connectivity index (χ1v) is 11.6. The molecule has 2 amide bonds. The number of rotatable bonds is 8. The number of carbonyl (C=O) groups excluding carboxylic acids is 2. The normalized spacial score (nSPS) is 20.8. The van der Waals surface area contributed by atoms with E-state index in [0.29, 0.717) is 17.1 Å². The van der Waals surface area contributed by atoms with Gasteiger partial charge in [0.2, 0.25) is 0 Å². The minimum Gasteiger partial charge on any atom is -0.477 e. The fourth-order valence-corrected chi connectivity index (χ4v) is 5.64. The van der Waals surface area contributed by atoms with Crippen LogP contribution in [0.15, 0.2) is 33.3 Å². The van der Waals surface area contributed by atoms with Crippen molar-refractivity contribution in [1.82, 2.24) is 15.2 Å². The van der Waals surface area contributed by atoms with Gasteiger partial charge in [-0.05, 0) is 11.0 Å². The van der Waals surface area contributed by atoms with E-state index in [1.165, 1.54) is 47.0 Å². The number of hydrogen-bond donors (Lipinski definition) is 3. The van der Waals surface area contributed by atoms with Crippen LogP contribution < -0.4 is 11.1 Å². The highest BCUT2D eigenvalue weighted by atomic mass is 32.2. The number of anilines is 1. The number of nitrogens with two attached hydrogens (primary N) is 1. The van der Waals surface area contributed by atoms with Crippen molar-refractivity contribution in [2.45, 2.75) is 11.4 Å². The molecule has 14 heteroatoms. The summed E-state index contributed by atoms with van der Waals surface area (Å²) in [6, 6.07) is 0.937. The number of amides is 2. The molecule has 3 rings (SSSR count). The number of oxime groups is 1. The molecular formula is C17H16N6O5S3. The first kappa shape index (κ1) is 22.7. The highest BCUT2D eigenvalue weighted by molar-refractivity contribution is 8.02. The summed E-state index contributed by atoms with van der Waals surface area (Å²) in [7, 11) is 1.27. The van der Waals surface area contributed by atoms with Crippen LogP contribution in [0.3, 0.4) is 0 Å². The van der Waals surface area contributed by atoms with Gasteiger partial charge < -0.3 is 21.0 Å². The van der Waals surface area contributed by atoms with Crippen molar-refractivity contribution in [3.8, 4) is 6.07 Å². The lowest BCUT2D eigenvalue weighted by atomic mass is 10.0. The number of carboxylic acid groups (broad SMARTS) is 1. The van der Waals surface area contributed by atoms with Crippen LogP contribution >= 0.6 is 34.9 Å². The summed E-state index contributed by atoms with van der Waals surface area (Å²) in [4.78, 5) is 47.1. The smallest absolute Gasteiger partial charge is 0.352 e. The van der Waals surface area contributed by atoms with Gasteiger partial charge in [-0.3, -0.25) is 14.5 Å². The van der Waals surface area contributed by atoms with Crippen molar-refractivity contribution < 1.29 is 24.3 Å². The van der Waals surface area contributed by atoms with Crippen LogP contribution in [0.2, 0.25) is 0 Å². The van der Waals surface area contributed by atoms with Crippen molar-refractivity contribution >= 4 is 63.5 Å². The Morgan fingerprint density at radius 3 is 3.00 bits per heavy atom. The minimum absolute atomic E-state index is 0.0878. The second-order valence-corrected chi connectivity index (χ2v) is 8.94. The van der Waals surface area contributed by atoms with Gasteiger partial charge in [0.1, 0.15) is 29.9 Å². The van der Waals surface area contributed by atoms with Crippen LogP contribution in [-0.2, 0) is 19.2 Å². The van der Waals surface area contributed by atoms with E-state index in [0.717, 1.165) is 11.3 Å². The van der Waals surface area contributed by atoms with Crippen LogP contribution in [0.25, 0.3) is 0 Å². The van der Waals surface area contributed by atoms with Crippen LogP contribution in [0.1, 0.15) is 5.69 Å². The monoisotopic (exact) mass is 480 g/mol.